The molecule has 0 aromatic rings. The van der Waals surface area contributed by atoms with E-state index in [4.69, 9.17) is 0 Å². The van der Waals surface area contributed by atoms with E-state index in [1.165, 1.54) is 0 Å². The van der Waals surface area contributed by atoms with Crippen molar-refractivity contribution in [2.75, 3.05) is 0 Å². The average Bonchev–Trinajstić information content (AvgIpc) is 2.00. The van der Waals surface area contributed by atoms with Crippen LogP contribution in [0.1, 0.15) is 33.6 Å². The van der Waals surface area contributed by atoms with Crippen LogP contribution in [0.4, 0.5) is 0 Å². The van der Waals surface area contributed by atoms with E-state index in [1.54, 1.807) is 13.8 Å². The molecule has 0 heterocycles. The zero-order chi connectivity index (χ0) is 8.15. The minimum atomic E-state index is -0.241. The fourth-order valence-electron chi connectivity index (χ4n) is 0.634. The highest BCUT2D eigenvalue weighted by atomic mass is 16.2. The van der Waals surface area contributed by atoms with Crippen molar-refractivity contribution in [1.29, 1.82) is 0 Å². The minimum absolute atomic E-state index is 0.0903. The van der Waals surface area contributed by atoms with E-state index < -0.39 is 0 Å². The van der Waals surface area contributed by atoms with Crippen molar-refractivity contribution in [3.8, 4) is 0 Å². The van der Waals surface area contributed by atoms with E-state index in [0.29, 0.717) is 6.42 Å². The number of ketones is 2. The van der Waals surface area contributed by atoms with Crippen LogP contribution in [0.3, 0.4) is 0 Å². The third kappa shape index (κ3) is 2.29. The molecule has 0 saturated carbocycles. The van der Waals surface area contributed by atoms with Crippen molar-refractivity contribution in [3.63, 3.8) is 0 Å². The van der Waals surface area contributed by atoms with Gasteiger partial charge in [-0.05, 0) is 6.42 Å². The molecule has 0 rings (SSSR count). The first-order valence-corrected chi connectivity index (χ1v) is 3.70. The van der Waals surface area contributed by atoms with Crippen LogP contribution in [0.25, 0.3) is 0 Å². The second-order valence-corrected chi connectivity index (χ2v) is 2.45. The standard InChI is InChI=1S/C8H14O2/c1-4-6(3)8(10)7(9)5-2/h6H,4-5H2,1-3H3. The minimum Gasteiger partial charge on any atom is -0.291 e. The molecule has 0 saturated heterocycles. The highest BCUT2D eigenvalue weighted by molar-refractivity contribution is 6.37. The van der Waals surface area contributed by atoms with Crippen LogP contribution in [0.2, 0.25) is 0 Å². The summed E-state index contributed by atoms with van der Waals surface area (Å²) in [5.74, 6) is -0.549. The van der Waals surface area contributed by atoms with Gasteiger partial charge < -0.3 is 0 Å². The van der Waals surface area contributed by atoms with Gasteiger partial charge in [-0.2, -0.15) is 0 Å². The Morgan fingerprint density at radius 1 is 1.30 bits per heavy atom. The zero-order valence-corrected chi connectivity index (χ0v) is 6.81. The molecule has 58 valence electrons. The number of Topliss-reactive ketones (excluding diaryl/α,β-unsaturated/α-hetero) is 2. The molecule has 0 N–H and O–H groups in total. The van der Waals surface area contributed by atoms with Crippen LogP contribution in [0, 0.1) is 5.92 Å². The van der Waals surface area contributed by atoms with Gasteiger partial charge in [0.05, 0.1) is 0 Å². The lowest BCUT2D eigenvalue weighted by atomic mass is 9.99. The van der Waals surface area contributed by atoms with Gasteiger partial charge in [0.25, 0.3) is 0 Å². The highest BCUT2D eigenvalue weighted by Crippen LogP contribution is 2.03. The summed E-state index contributed by atoms with van der Waals surface area (Å²) in [6.45, 7) is 5.41. The molecule has 0 aliphatic rings. The molecule has 0 aliphatic carbocycles. The van der Waals surface area contributed by atoms with Gasteiger partial charge in [-0.25, -0.2) is 0 Å². The van der Waals surface area contributed by atoms with E-state index >= 15 is 0 Å². The first-order valence-electron chi connectivity index (χ1n) is 3.70. The lowest BCUT2D eigenvalue weighted by Gasteiger charge is -2.03. The Kier molecular flexibility index (Phi) is 3.93. The summed E-state index contributed by atoms with van der Waals surface area (Å²) >= 11 is 0. The molecular formula is C8H14O2. The summed E-state index contributed by atoms with van der Waals surface area (Å²) in [6, 6.07) is 0. The molecule has 0 amide bonds. The zero-order valence-electron chi connectivity index (χ0n) is 6.81. The van der Waals surface area contributed by atoms with E-state index in [2.05, 4.69) is 0 Å². The highest BCUT2D eigenvalue weighted by Gasteiger charge is 2.16. The maximum atomic E-state index is 11.0. The fraction of sp³-hybridized carbons (Fsp3) is 0.750. The largest absolute Gasteiger partial charge is 0.291 e. The topological polar surface area (TPSA) is 34.1 Å². The molecule has 0 bridgehead atoms. The second kappa shape index (κ2) is 4.20. The van der Waals surface area contributed by atoms with Crippen molar-refractivity contribution in [3.05, 3.63) is 0 Å². The molecule has 0 aliphatic heterocycles. The van der Waals surface area contributed by atoms with Crippen molar-refractivity contribution in [2.24, 2.45) is 5.92 Å². The molecule has 0 aromatic carbocycles. The molecule has 2 nitrogen and oxygen atoms in total. The van der Waals surface area contributed by atoms with Gasteiger partial charge in [0, 0.05) is 12.3 Å². The van der Waals surface area contributed by atoms with Crippen molar-refractivity contribution in [1.82, 2.24) is 0 Å². The predicted molar refractivity (Wildman–Crippen MR) is 39.8 cm³/mol. The molecule has 0 aromatic heterocycles. The Morgan fingerprint density at radius 3 is 2.10 bits per heavy atom. The number of carbonyl (C=O) groups is 2. The van der Waals surface area contributed by atoms with Gasteiger partial charge in [0.15, 0.2) is 5.78 Å². The molecule has 1 unspecified atom stereocenters. The van der Waals surface area contributed by atoms with Gasteiger partial charge in [-0.3, -0.25) is 9.59 Å². The van der Waals surface area contributed by atoms with Gasteiger partial charge in [0.1, 0.15) is 0 Å². The third-order valence-corrected chi connectivity index (χ3v) is 1.66. The normalized spacial score (nSPS) is 12.7. The monoisotopic (exact) mass is 142 g/mol. The maximum Gasteiger partial charge on any atom is 0.201 e. The van der Waals surface area contributed by atoms with E-state index in [9.17, 15) is 9.59 Å². The van der Waals surface area contributed by atoms with E-state index in [0.717, 1.165) is 6.42 Å². The quantitative estimate of drug-likeness (QED) is 0.558. The predicted octanol–water partition coefficient (Wildman–Crippen LogP) is 1.58. The van der Waals surface area contributed by atoms with Gasteiger partial charge >= 0.3 is 0 Å². The van der Waals surface area contributed by atoms with E-state index in [1.807, 2.05) is 6.92 Å². The SMILES string of the molecule is CCC(=O)C(=O)C(C)CC. The van der Waals surface area contributed by atoms with Crippen LogP contribution >= 0.6 is 0 Å². The Hall–Kier alpha value is -0.660. The third-order valence-electron chi connectivity index (χ3n) is 1.66. The summed E-state index contributed by atoms with van der Waals surface area (Å²) in [7, 11) is 0. The Morgan fingerprint density at radius 2 is 1.80 bits per heavy atom. The summed E-state index contributed by atoms with van der Waals surface area (Å²) < 4.78 is 0. The molecule has 10 heavy (non-hydrogen) atoms. The molecule has 0 spiro atoms. The first kappa shape index (κ1) is 9.34. The van der Waals surface area contributed by atoms with Crippen LogP contribution < -0.4 is 0 Å². The van der Waals surface area contributed by atoms with Gasteiger partial charge in [-0.15, -0.1) is 0 Å². The first-order chi connectivity index (χ1) is 4.63. The summed E-state index contributed by atoms with van der Waals surface area (Å²) in [6.07, 6.45) is 1.09. The van der Waals surface area contributed by atoms with E-state index in [-0.39, 0.29) is 17.5 Å². The fourth-order valence-corrected chi connectivity index (χ4v) is 0.634. The van der Waals surface area contributed by atoms with Crippen molar-refractivity contribution < 1.29 is 9.59 Å². The van der Waals surface area contributed by atoms with Crippen molar-refractivity contribution >= 4 is 11.6 Å². The Bertz CT molecular complexity index is 138. The van der Waals surface area contributed by atoms with Crippen LogP contribution in [-0.2, 0) is 9.59 Å². The van der Waals surface area contributed by atoms with Gasteiger partial charge in [-0.1, -0.05) is 20.8 Å². The molecule has 1 atom stereocenters. The maximum absolute atomic E-state index is 11.0. The molecular weight excluding hydrogens is 128 g/mol. The molecule has 2 heteroatoms. The second-order valence-electron chi connectivity index (χ2n) is 2.45. The molecule has 0 radical (unpaired) electrons. The summed E-state index contributed by atoms with van der Waals surface area (Å²) in [4.78, 5) is 21.7. The molecule has 0 fully saturated rings. The van der Waals surface area contributed by atoms with Gasteiger partial charge in [0.2, 0.25) is 5.78 Å². The lowest BCUT2D eigenvalue weighted by Crippen LogP contribution is -2.19. The summed E-state index contributed by atoms with van der Waals surface area (Å²) in [5.41, 5.74) is 0. The number of rotatable bonds is 4. The Balaban J connectivity index is 3.95. The average molecular weight is 142 g/mol. The number of hydrogen-bond acceptors (Lipinski definition) is 2. The number of carbonyl (C=O) groups excluding carboxylic acids is 2. The van der Waals surface area contributed by atoms with Crippen LogP contribution in [0.5, 0.6) is 0 Å². The Labute approximate surface area is 61.6 Å². The van der Waals surface area contributed by atoms with Crippen molar-refractivity contribution in [2.45, 2.75) is 33.6 Å². The lowest BCUT2D eigenvalue weighted by molar-refractivity contribution is -0.138. The van der Waals surface area contributed by atoms with Crippen LogP contribution in [-0.4, -0.2) is 11.6 Å². The summed E-state index contributed by atoms with van der Waals surface area (Å²) in [5, 5.41) is 0. The number of hydrogen-bond donors (Lipinski definition) is 0. The van der Waals surface area contributed by atoms with Crippen LogP contribution in [0.15, 0.2) is 0 Å². The smallest absolute Gasteiger partial charge is 0.201 e.